The first-order valence-electron chi connectivity index (χ1n) is 10.3. The van der Waals surface area contributed by atoms with Gasteiger partial charge in [0.15, 0.2) is 0 Å². The van der Waals surface area contributed by atoms with Gasteiger partial charge in [-0.15, -0.1) is 0 Å². The number of likely N-dealkylation sites (tertiary alicyclic amines) is 2. The van der Waals surface area contributed by atoms with Crippen molar-refractivity contribution in [2.24, 2.45) is 0 Å². The minimum Gasteiger partial charge on any atom is -0.494 e. The maximum Gasteiger partial charge on any atom is 0.243 e. The van der Waals surface area contributed by atoms with Crippen molar-refractivity contribution in [2.75, 3.05) is 20.2 Å². The minimum absolute atomic E-state index is 0.264. The van der Waals surface area contributed by atoms with Crippen molar-refractivity contribution in [3.63, 3.8) is 0 Å². The van der Waals surface area contributed by atoms with Crippen LogP contribution in [-0.2, 0) is 11.3 Å². The van der Waals surface area contributed by atoms with E-state index < -0.39 is 0 Å². The summed E-state index contributed by atoms with van der Waals surface area (Å²) in [6, 6.07) is 8.14. The van der Waals surface area contributed by atoms with Crippen molar-refractivity contribution in [1.82, 2.24) is 19.6 Å². The molecule has 1 aromatic heterocycles. The van der Waals surface area contributed by atoms with Gasteiger partial charge in [-0.2, -0.15) is 5.10 Å². The van der Waals surface area contributed by atoms with E-state index in [9.17, 15) is 4.79 Å². The first kappa shape index (κ1) is 19.0. The van der Waals surface area contributed by atoms with Crippen LogP contribution in [0.5, 0.6) is 5.75 Å². The highest BCUT2D eigenvalue weighted by Crippen LogP contribution is 2.39. The van der Waals surface area contributed by atoms with E-state index in [4.69, 9.17) is 4.74 Å². The van der Waals surface area contributed by atoms with Gasteiger partial charge in [-0.1, -0.05) is 12.1 Å². The van der Waals surface area contributed by atoms with E-state index in [2.05, 4.69) is 34.9 Å². The third-order valence-electron chi connectivity index (χ3n) is 6.24. The van der Waals surface area contributed by atoms with Gasteiger partial charge in [0.1, 0.15) is 17.0 Å². The van der Waals surface area contributed by atoms with Gasteiger partial charge in [0.25, 0.3) is 0 Å². The second-order valence-corrected chi connectivity index (χ2v) is 8.22. The van der Waals surface area contributed by atoms with Crippen LogP contribution in [0.25, 0.3) is 5.69 Å². The third kappa shape index (κ3) is 3.20. The number of aromatic nitrogens is 2. The van der Waals surface area contributed by atoms with Gasteiger partial charge in [-0.25, -0.2) is 4.68 Å². The highest BCUT2D eigenvalue weighted by atomic mass is 16.5. The Morgan fingerprint density at radius 1 is 1.18 bits per heavy atom. The van der Waals surface area contributed by atoms with Crippen molar-refractivity contribution < 1.29 is 9.53 Å². The van der Waals surface area contributed by atoms with Gasteiger partial charge >= 0.3 is 0 Å². The van der Waals surface area contributed by atoms with Crippen LogP contribution < -0.4 is 4.74 Å². The molecule has 4 rings (SSSR count). The van der Waals surface area contributed by atoms with Crippen molar-refractivity contribution in [2.45, 2.75) is 57.7 Å². The van der Waals surface area contributed by atoms with Crippen LogP contribution in [0.3, 0.4) is 0 Å². The summed E-state index contributed by atoms with van der Waals surface area (Å²) < 4.78 is 7.32. The summed E-state index contributed by atoms with van der Waals surface area (Å²) in [5.74, 6) is 1.12. The molecule has 0 aliphatic carbocycles. The van der Waals surface area contributed by atoms with Crippen molar-refractivity contribution in [3.8, 4) is 11.4 Å². The Kier molecular flexibility index (Phi) is 5.15. The number of carbonyl (C=O) groups excluding carboxylic acids is 1. The first-order valence-corrected chi connectivity index (χ1v) is 10.3. The lowest BCUT2D eigenvalue weighted by atomic mass is 9.84. The molecular formula is C22H30N4O2. The first-order chi connectivity index (χ1) is 13.5. The maximum atomic E-state index is 13.3. The number of piperidine rings is 1. The van der Waals surface area contributed by atoms with E-state index in [1.807, 2.05) is 35.1 Å². The average Bonchev–Trinajstić information content (AvgIpc) is 3.32. The molecule has 3 heterocycles. The van der Waals surface area contributed by atoms with Crippen LogP contribution in [0, 0.1) is 0 Å². The molecule has 2 aliphatic rings. The van der Waals surface area contributed by atoms with Gasteiger partial charge in [-0.05, 0) is 58.2 Å². The van der Waals surface area contributed by atoms with Gasteiger partial charge in [0.05, 0.1) is 13.3 Å². The van der Waals surface area contributed by atoms with E-state index in [0.29, 0.717) is 5.91 Å². The molecule has 1 atom stereocenters. The number of nitrogens with zero attached hydrogens (tertiary/aromatic N) is 4. The Bertz CT molecular complexity index is 847. The van der Waals surface area contributed by atoms with Crippen LogP contribution in [-0.4, -0.2) is 57.3 Å². The predicted octanol–water partition coefficient (Wildman–Crippen LogP) is 3.25. The SMILES string of the molecule is COc1ccccc1-n1cc(CN2CCCC23CCCN(C(C)C)C3=O)cn1. The summed E-state index contributed by atoms with van der Waals surface area (Å²) in [7, 11) is 1.67. The van der Waals surface area contributed by atoms with Crippen LogP contribution >= 0.6 is 0 Å². The number of methoxy groups -OCH3 is 1. The topological polar surface area (TPSA) is 50.6 Å². The van der Waals surface area contributed by atoms with Gasteiger partial charge in [0.2, 0.25) is 5.91 Å². The highest BCUT2D eigenvalue weighted by Gasteiger charge is 2.51. The molecule has 28 heavy (non-hydrogen) atoms. The monoisotopic (exact) mass is 382 g/mol. The fourth-order valence-corrected chi connectivity index (χ4v) is 4.81. The fourth-order valence-electron chi connectivity index (χ4n) is 4.81. The van der Waals surface area contributed by atoms with Crippen LogP contribution in [0.2, 0.25) is 0 Å². The molecule has 0 radical (unpaired) electrons. The number of benzene rings is 1. The standard InChI is InChI=1S/C22H30N4O2/c1-17(2)25-13-7-11-22(21(25)27)10-6-12-24(22)15-18-14-23-26(16-18)19-8-4-5-9-20(19)28-3/h4-5,8-9,14,16-17H,6-7,10-13,15H2,1-3H3. The van der Waals surface area contributed by atoms with E-state index in [1.54, 1.807) is 7.11 Å². The molecule has 2 fully saturated rings. The Morgan fingerprint density at radius 3 is 2.68 bits per heavy atom. The highest BCUT2D eigenvalue weighted by molar-refractivity contribution is 5.87. The molecule has 0 N–H and O–H groups in total. The molecule has 1 spiro atoms. The summed E-state index contributed by atoms with van der Waals surface area (Å²) in [6.45, 7) is 6.85. The fraction of sp³-hybridized carbons (Fsp3) is 0.545. The van der Waals surface area contributed by atoms with Crippen molar-refractivity contribution in [1.29, 1.82) is 0 Å². The lowest BCUT2D eigenvalue weighted by Gasteiger charge is -2.46. The molecule has 2 aromatic rings. The number of rotatable bonds is 5. The molecule has 1 aromatic carbocycles. The second-order valence-electron chi connectivity index (χ2n) is 8.22. The molecule has 0 saturated carbocycles. The lowest BCUT2D eigenvalue weighted by Crippen LogP contribution is -2.61. The maximum absolute atomic E-state index is 13.3. The smallest absolute Gasteiger partial charge is 0.243 e. The molecule has 150 valence electrons. The summed E-state index contributed by atoms with van der Waals surface area (Å²) in [4.78, 5) is 17.8. The molecule has 1 unspecified atom stereocenters. The van der Waals surface area contributed by atoms with Gasteiger partial charge in [0, 0.05) is 30.9 Å². The Hall–Kier alpha value is -2.34. The molecular weight excluding hydrogens is 352 g/mol. The normalized spacial score (nSPS) is 23.1. The van der Waals surface area contributed by atoms with Crippen LogP contribution in [0.1, 0.15) is 45.1 Å². The molecule has 2 saturated heterocycles. The lowest BCUT2D eigenvalue weighted by molar-refractivity contribution is -0.149. The number of hydrogen-bond donors (Lipinski definition) is 0. The summed E-state index contributed by atoms with van der Waals surface area (Å²) in [5.41, 5.74) is 1.73. The second kappa shape index (κ2) is 7.59. The van der Waals surface area contributed by atoms with Gasteiger partial charge in [-0.3, -0.25) is 9.69 Å². The van der Waals surface area contributed by atoms with E-state index in [-0.39, 0.29) is 11.6 Å². The van der Waals surface area contributed by atoms with E-state index in [0.717, 1.165) is 62.3 Å². The molecule has 0 bridgehead atoms. The van der Waals surface area contributed by atoms with Crippen LogP contribution in [0.4, 0.5) is 0 Å². The zero-order valence-electron chi connectivity index (χ0n) is 17.1. The van der Waals surface area contributed by atoms with E-state index in [1.165, 1.54) is 0 Å². The predicted molar refractivity (Wildman–Crippen MR) is 109 cm³/mol. The summed E-state index contributed by atoms with van der Waals surface area (Å²) in [5, 5.41) is 4.55. The number of amides is 1. The van der Waals surface area contributed by atoms with Crippen LogP contribution in [0.15, 0.2) is 36.7 Å². The van der Waals surface area contributed by atoms with Crippen molar-refractivity contribution >= 4 is 5.91 Å². The van der Waals surface area contributed by atoms with Gasteiger partial charge < -0.3 is 9.64 Å². The minimum atomic E-state index is -0.324. The number of ether oxygens (including phenoxy) is 1. The van der Waals surface area contributed by atoms with Crippen molar-refractivity contribution in [3.05, 3.63) is 42.2 Å². The number of hydrogen-bond acceptors (Lipinski definition) is 4. The zero-order valence-corrected chi connectivity index (χ0v) is 17.1. The molecule has 1 amide bonds. The van der Waals surface area contributed by atoms with E-state index >= 15 is 0 Å². The quantitative estimate of drug-likeness (QED) is 0.797. The Labute approximate surface area is 167 Å². The molecule has 2 aliphatic heterocycles. The average molecular weight is 383 g/mol. The Balaban J connectivity index is 1.56. The Morgan fingerprint density at radius 2 is 1.93 bits per heavy atom. The summed E-state index contributed by atoms with van der Waals surface area (Å²) >= 11 is 0. The zero-order chi connectivity index (χ0) is 19.7. The summed E-state index contributed by atoms with van der Waals surface area (Å²) in [6.07, 6.45) is 8.06. The molecule has 6 heteroatoms. The largest absolute Gasteiger partial charge is 0.494 e. The number of carbonyl (C=O) groups is 1. The number of para-hydroxylation sites is 2. The molecule has 6 nitrogen and oxygen atoms in total. The third-order valence-corrected chi connectivity index (χ3v) is 6.24.